The van der Waals surface area contributed by atoms with Gasteiger partial charge in [-0.05, 0) is 43.4 Å². The number of unbranched alkanes of at least 4 members (excludes halogenated alkanes) is 1. The van der Waals surface area contributed by atoms with E-state index in [1.165, 1.54) is 5.56 Å². The quantitative estimate of drug-likeness (QED) is 0.834. The lowest BCUT2D eigenvalue weighted by Crippen LogP contribution is -2.28. The fraction of sp³-hybridized carbons (Fsp3) is 0.600. The Hall–Kier alpha value is -0.870. The summed E-state index contributed by atoms with van der Waals surface area (Å²) in [7, 11) is -3.18. The summed E-state index contributed by atoms with van der Waals surface area (Å²) in [6.07, 6.45) is 4.54. The molecule has 0 aromatic heterocycles. The van der Waals surface area contributed by atoms with Gasteiger partial charge in [0.05, 0.1) is 10.1 Å². The van der Waals surface area contributed by atoms with Gasteiger partial charge >= 0.3 is 0 Å². The molecule has 0 aliphatic carbocycles. The Morgan fingerprint density at radius 1 is 1.16 bits per heavy atom. The zero-order valence-corrected chi connectivity index (χ0v) is 12.3. The van der Waals surface area contributed by atoms with Crippen molar-refractivity contribution < 1.29 is 13.2 Å². The van der Waals surface area contributed by atoms with E-state index in [9.17, 15) is 8.42 Å². The minimum atomic E-state index is -3.18. The van der Waals surface area contributed by atoms with Gasteiger partial charge in [-0.1, -0.05) is 25.5 Å². The van der Waals surface area contributed by atoms with E-state index < -0.39 is 9.84 Å². The van der Waals surface area contributed by atoms with E-state index >= 15 is 0 Å². The standard InChI is InChI=1S/C15H22O3S/c1-2-3-4-13-5-7-14(8-6-13)19(16,17)15-9-11-18-12-10-15/h5-8,15H,2-4,9-12H2,1H3. The average Bonchev–Trinajstić information content (AvgIpc) is 2.46. The van der Waals surface area contributed by atoms with Gasteiger partial charge in [0.2, 0.25) is 0 Å². The maximum absolute atomic E-state index is 12.5. The van der Waals surface area contributed by atoms with Crippen LogP contribution in [-0.4, -0.2) is 26.9 Å². The number of aryl methyl sites for hydroxylation is 1. The van der Waals surface area contributed by atoms with Gasteiger partial charge in [0.1, 0.15) is 0 Å². The molecule has 0 bridgehead atoms. The highest BCUT2D eigenvalue weighted by molar-refractivity contribution is 7.92. The molecule has 3 nitrogen and oxygen atoms in total. The van der Waals surface area contributed by atoms with E-state index in [0.717, 1.165) is 19.3 Å². The lowest BCUT2D eigenvalue weighted by molar-refractivity contribution is 0.0983. The molecule has 1 aliphatic heterocycles. The Kier molecular flexibility index (Phi) is 4.99. The van der Waals surface area contributed by atoms with E-state index in [4.69, 9.17) is 4.74 Å². The van der Waals surface area contributed by atoms with Crippen molar-refractivity contribution in [2.75, 3.05) is 13.2 Å². The van der Waals surface area contributed by atoms with Crippen molar-refractivity contribution in [3.05, 3.63) is 29.8 Å². The van der Waals surface area contributed by atoms with E-state index in [2.05, 4.69) is 6.92 Å². The Balaban J connectivity index is 2.11. The van der Waals surface area contributed by atoms with Crippen LogP contribution in [0.5, 0.6) is 0 Å². The summed E-state index contributed by atoms with van der Waals surface area (Å²) in [5.41, 5.74) is 1.22. The highest BCUT2D eigenvalue weighted by Crippen LogP contribution is 2.24. The summed E-state index contributed by atoms with van der Waals surface area (Å²) in [5, 5.41) is -0.275. The Morgan fingerprint density at radius 3 is 2.37 bits per heavy atom. The summed E-state index contributed by atoms with van der Waals surface area (Å²) < 4.78 is 30.1. The van der Waals surface area contributed by atoms with Gasteiger partial charge in [0.15, 0.2) is 9.84 Å². The third-order valence-corrected chi connectivity index (χ3v) is 5.96. The van der Waals surface area contributed by atoms with Gasteiger partial charge in [-0.25, -0.2) is 8.42 Å². The molecule has 0 saturated carbocycles. The van der Waals surface area contributed by atoms with Crippen LogP contribution in [0.1, 0.15) is 38.2 Å². The van der Waals surface area contributed by atoms with E-state index in [0.29, 0.717) is 31.0 Å². The third kappa shape index (κ3) is 3.57. The van der Waals surface area contributed by atoms with Crippen LogP contribution >= 0.6 is 0 Å². The van der Waals surface area contributed by atoms with Crippen molar-refractivity contribution >= 4 is 9.84 Å². The van der Waals surface area contributed by atoms with Crippen molar-refractivity contribution in [1.82, 2.24) is 0 Å². The van der Waals surface area contributed by atoms with Crippen LogP contribution in [0.2, 0.25) is 0 Å². The number of benzene rings is 1. The molecule has 0 N–H and O–H groups in total. The molecule has 1 aliphatic rings. The van der Waals surface area contributed by atoms with E-state index in [1.54, 1.807) is 12.1 Å². The molecule has 1 aromatic rings. The normalized spacial score (nSPS) is 17.5. The zero-order chi connectivity index (χ0) is 13.7. The molecule has 1 saturated heterocycles. The first-order valence-electron chi connectivity index (χ1n) is 7.05. The first-order valence-corrected chi connectivity index (χ1v) is 8.60. The van der Waals surface area contributed by atoms with Crippen molar-refractivity contribution in [1.29, 1.82) is 0 Å². The molecule has 106 valence electrons. The number of sulfone groups is 1. The molecule has 1 aromatic carbocycles. The van der Waals surface area contributed by atoms with Crippen LogP contribution in [-0.2, 0) is 21.0 Å². The van der Waals surface area contributed by atoms with Crippen molar-refractivity contribution in [3.8, 4) is 0 Å². The second-order valence-electron chi connectivity index (χ2n) is 5.10. The monoisotopic (exact) mass is 282 g/mol. The molecule has 0 radical (unpaired) electrons. The van der Waals surface area contributed by atoms with Crippen molar-refractivity contribution in [2.45, 2.75) is 49.2 Å². The summed E-state index contributed by atoms with van der Waals surface area (Å²) in [4.78, 5) is 0.458. The Bertz CT molecular complexity index is 485. The predicted molar refractivity (Wildman–Crippen MR) is 76.1 cm³/mol. The van der Waals surface area contributed by atoms with Crippen molar-refractivity contribution in [2.24, 2.45) is 0 Å². The smallest absolute Gasteiger partial charge is 0.181 e. The minimum Gasteiger partial charge on any atom is -0.381 e. The molecule has 0 amide bonds. The van der Waals surface area contributed by atoms with E-state index in [-0.39, 0.29) is 5.25 Å². The second-order valence-corrected chi connectivity index (χ2v) is 7.33. The second kappa shape index (κ2) is 6.53. The lowest BCUT2D eigenvalue weighted by atomic mass is 10.1. The number of hydrogen-bond acceptors (Lipinski definition) is 3. The first-order chi connectivity index (χ1) is 9.14. The summed E-state index contributed by atoms with van der Waals surface area (Å²) in [6, 6.07) is 7.41. The largest absolute Gasteiger partial charge is 0.381 e. The van der Waals surface area contributed by atoms with Crippen LogP contribution in [0, 0.1) is 0 Å². The molecule has 0 spiro atoms. The van der Waals surface area contributed by atoms with Gasteiger partial charge in [-0.2, -0.15) is 0 Å². The van der Waals surface area contributed by atoms with Gasteiger partial charge in [0, 0.05) is 13.2 Å². The van der Waals surface area contributed by atoms with Gasteiger partial charge < -0.3 is 4.74 Å². The molecule has 1 heterocycles. The fourth-order valence-electron chi connectivity index (χ4n) is 2.41. The number of rotatable bonds is 5. The van der Waals surface area contributed by atoms with Gasteiger partial charge in [-0.15, -0.1) is 0 Å². The first kappa shape index (κ1) is 14.5. The molecule has 4 heteroatoms. The van der Waals surface area contributed by atoms with Crippen LogP contribution < -0.4 is 0 Å². The highest BCUT2D eigenvalue weighted by Gasteiger charge is 2.29. The maximum atomic E-state index is 12.5. The maximum Gasteiger partial charge on any atom is 0.181 e. The third-order valence-electron chi connectivity index (χ3n) is 3.68. The van der Waals surface area contributed by atoms with Crippen molar-refractivity contribution in [3.63, 3.8) is 0 Å². The number of ether oxygens (including phenoxy) is 1. The fourth-order valence-corrected chi connectivity index (χ4v) is 4.12. The molecular weight excluding hydrogens is 260 g/mol. The van der Waals surface area contributed by atoms with Crippen LogP contribution in [0.4, 0.5) is 0 Å². The summed E-state index contributed by atoms with van der Waals surface area (Å²) in [5.74, 6) is 0. The summed E-state index contributed by atoms with van der Waals surface area (Å²) in [6.45, 7) is 3.26. The van der Waals surface area contributed by atoms with E-state index in [1.807, 2.05) is 12.1 Å². The zero-order valence-electron chi connectivity index (χ0n) is 11.5. The molecule has 0 atom stereocenters. The van der Waals surface area contributed by atoms with Crippen LogP contribution in [0.15, 0.2) is 29.2 Å². The van der Waals surface area contributed by atoms with Gasteiger partial charge in [-0.3, -0.25) is 0 Å². The Morgan fingerprint density at radius 2 is 1.79 bits per heavy atom. The molecule has 1 fully saturated rings. The molecule has 19 heavy (non-hydrogen) atoms. The lowest BCUT2D eigenvalue weighted by Gasteiger charge is -2.22. The van der Waals surface area contributed by atoms with Gasteiger partial charge in [0.25, 0.3) is 0 Å². The predicted octanol–water partition coefficient (Wildman–Crippen LogP) is 2.98. The summed E-state index contributed by atoms with van der Waals surface area (Å²) >= 11 is 0. The van der Waals surface area contributed by atoms with Crippen LogP contribution in [0.25, 0.3) is 0 Å². The molecule has 0 unspecified atom stereocenters. The topological polar surface area (TPSA) is 43.4 Å². The molecular formula is C15H22O3S. The number of hydrogen-bond donors (Lipinski definition) is 0. The van der Waals surface area contributed by atoms with Crippen LogP contribution in [0.3, 0.4) is 0 Å². The minimum absolute atomic E-state index is 0.275. The SMILES string of the molecule is CCCCc1ccc(S(=O)(=O)C2CCOCC2)cc1. The average molecular weight is 282 g/mol. The highest BCUT2D eigenvalue weighted by atomic mass is 32.2. The Labute approximate surface area is 115 Å². The molecule has 2 rings (SSSR count).